The number of hydrogen-bond acceptors (Lipinski definition) is 8. The summed E-state index contributed by atoms with van der Waals surface area (Å²) >= 11 is 12.3. The van der Waals surface area contributed by atoms with E-state index in [4.69, 9.17) is 32.7 Å². The third-order valence-electron chi connectivity index (χ3n) is 9.63. The molecular formula is C39H53Cl2N5O7. The smallest absolute Gasteiger partial charge is 0.407 e. The van der Waals surface area contributed by atoms with Gasteiger partial charge in [-0.2, -0.15) is 0 Å². The number of nitrogens with one attached hydrogen (secondary N) is 2. The number of benzene rings is 2. The predicted octanol–water partition coefficient (Wildman–Crippen LogP) is 5.37. The van der Waals surface area contributed by atoms with Gasteiger partial charge in [0.15, 0.2) is 6.61 Å². The third kappa shape index (κ3) is 12.3. The molecule has 0 spiro atoms. The van der Waals surface area contributed by atoms with Gasteiger partial charge in [0.25, 0.3) is 5.91 Å². The highest BCUT2D eigenvalue weighted by atomic mass is 35.5. The number of halogens is 2. The molecule has 290 valence electrons. The Balaban J connectivity index is 1.56. The fraction of sp³-hybridized carbons (Fsp3) is 0.564. The zero-order valence-electron chi connectivity index (χ0n) is 31.4. The lowest BCUT2D eigenvalue weighted by atomic mass is 10.0. The van der Waals surface area contributed by atoms with Crippen molar-refractivity contribution in [1.82, 2.24) is 25.3 Å². The van der Waals surface area contributed by atoms with E-state index in [9.17, 15) is 24.0 Å². The summed E-state index contributed by atoms with van der Waals surface area (Å²) in [5.74, 6) is -1.63. The van der Waals surface area contributed by atoms with Gasteiger partial charge >= 0.3 is 12.1 Å². The second kappa shape index (κ2) is 19.5. The largest absolute Gasteiger partial charge is 0.456 e. The van der Waals surface area contributed by atoms with Crippen molar-refractivity contribution >= 4 is 53.0 Å². The first-order valence-corrected chi connectivity index (χ1v) is 19.2. The molecule has 2 aromatic carbocycles. The Morgan fingerprint density at radius 2 is 1.72 bits per heavy atom. The van der Waals surface area contributed by atoms with Crippen LogP contribution in [0.5, 0.6) is 0 Å². The van der Waals surface area contributed by atoms with Crippen LogP contribution in [0, 0.1) is 0 Å². The zero-order valence-corrected chi connectivity index (χ0v) is 32.9. The maximum Gasteiger partial charge on any atom is 0.407 e. The topological polar surface area (TPSA) is 138 Å². The lowest BCUT2D eigenvalue weighted by Gasteiger charge is -2.32. The van der Waals surface area contributed by atoms with Crippen molar-refractivity contribution < 1.29 is 33.4 Å². The van der Waals surface area contributed by atoms with Crippen LogP contribution in [0.3, 0.4) is 0 Å². The van der Waals surface area contributed by atoms with Gasteiger partial charge in [-0.05, 0) is 90.0 Å². The summed E-state index contributed by atoms with van der Waals surface area (Å²) in [6, 6.07) is 13.2. The van der Waals surface area contributed by atoms with Gasteiger partial charge in [-0.3, -0.25) is 24.1 Å². The Morgan fingerprint density at radius 3 is 2.38 bits per heavy atom. The van der Waals surface area contributed by atoms with Crippen molar-refractivity contribution in [2.75, 3.05) is 32.8 Å². The van der Waals surface area contributed by atoms with Gasteiger partial charge in [0.1, 0.15) is 11.6 Å². The van der Waals surface area contributed by atoms with Gasteiger partial charge < -0.3 is 29.9 Å². The van der Waals surface area contributed by atoms with E-state index in [-0.39, 0.29) is 49.8 Å². The van der Waals surface area contributed by atoms with E-state index < -0.39 is 42.3 Å². The Morgan fingerprint density at radius 1 is 1.00 bits per heavy atom. The normalized spacial score (nSPS) is 19.5. The quantitative estimate of drug-likeness (QED) is 0.231. The standard InChI is InChI=1S/C39H53Cl2N5O7/c1-6-44(7-2)34(47)25-52-35(48)18-17-32(36(49)42-23-27-14-16-30(40)31(41)21-27)45-20-19-29(15-13-26-11-9-8-10-12-26)46-24-28(22-33(46)37(45)50)43-38(51)53-39(3,4)5/h8-12,14,16,21,28-29,32-33H,6-7,13,15,17-20,22-25H2,1-5H3,(H,42,49)(H,43,51)/t28-,29?,32-,33+/m1/s1. The van der Waals surface area contributed by atoms with Gasteiger partial charge in [0.2, 0.25) is 11.8 Å². The molecule has 2 heterocycles. The van der Waals surface area contributed by atoms with E-state index in [0.717, 1.165) is 12.8 Å². The molecule has 2 N–H and O–H groups in total. The number of alkyl carbamates (subject to hydrolysis) is 1. The minimum absolute atomic E-state index is 0.0156. The molecule has 0 aromatic heterocycles. The van der Waals surface area contributed by atoms with E-state index in [0.29, 0.717) is 48.1 Å². The maximum absolute atomic E-state index is 14.6. The molecule has 0 radical (unpaired) electrons. The minimum Gasteiger partial charge on any atom is -0.456 e. The Bertz CT molecular complexity index is 1580. The number of rotatable bonds is 15. The summed E-state index contributed by atoms with van der Waals surface area (Å²) in [6.07, 6.45) is 1.72. The first-order valence-electron chi connectivity index (χ1n) is 18.4. The van der Waals surface area contributed by atoms with Crippen LogP contribution in [-0.2, 0) is 41.6 Å². The van der Waals surface area contributed by atoms with E-state index >= 15 is 0 Å². The number of ether oxygens (including phenoxy) is 2. The van der Waals surface area contributed by atoms with E-state index in [2.05, 4.69) is 27.7 Å². The third-order valence-corrected chi connectivity index (χ3v) is 10.4. The predicted molar refractivity (Wildman–Crippen MR) is 203 cm³/mol. The molecule has 2 aromatic rings. The zero-order chi connectivity index (χ0) is 38.7. The van der Waals surface area contributed by atoms with E-state index in [1.54, 1.807) is 48.8 Å². The van der Waals surface area contributed by atoms with Crippen molar-refractivity contribution in [2.24, 2.45) is 0 Å². The van der Waals surface area contributed by atoms with Crippen LogP contribution in [0.2, 0.25) is 10.0 Å². The van der Waals surface area contributed by atoms with Gasteiger partial charge in [-0.15, -0.1) is 0 Å². The summed E-state index contributed by atoms with van der Waals surface area (Å²) in [4.78, 5) is 72.1. The highest BCUT2D eigenvalue weighted by molar-refractivity contribution is 6.42. The van der Waals surface area contributed by atoms with Crippen LogP contribution in [0.1, 0.15) is 77.8 Å². The summed E-state index contributed by atoms with van der Waals surface area (Å²) in [7, 11) is 0. The molecule has 14 heteroatoms. The molecule has 53 heavy (non-hydrogen) atoms. The van der Waals surface area contributed by atoms with Gasteiger partial charge in [-0.25, -0.2) is 4.79 Å². The number of carbonyl (C=O) groups is 5. The Labute approximate surface area is 322 Å². The molecule has 4 rings (SSSR count). The number of hydrogen-bond donors (Lipinski definition) is 2. The monoisotopic (exact) mass is 773 g/mol. The molecule has 2 aliphatic heterocycles. The van der Waals surface area contributed by atoms with Crippen molar-refractivity contribution in [3.63, 3.8) is 0 Å². The molecule has 12 nitrogen and oxygen atoms in total. The fourth-order valence-corrected chi connectivity index (χ4v) is 7.28. The van der Waals surface area contributed by atoms with Gasteiger partial charge in [0, 0.05) is 51.2 Å². The van der Waals surface area contributed by atoms with Gasteiger partial charge in [0.05, 0.1) is 16.1 Å². The maximum atomic E-state index is 14.6. The first-order chi connectivity index (χ1) is 25.2. The van der Waals surface area contributed by atoms with Crippen LogP contribution in [0.25, 0.3) is 0 Å². The number of esters is 1. The number of carbonyl (C=O) groups excluding carboxylic acids is 5. The van der Waals surface area contributed by atoms with Crippen LogP contribution < -0.4 is 10.6 Å². The summed E-state index contributed by atoms with van der Waals surface area (Å²) in [5, 5.41) is 6.61. The molecule has 4 amide bonds. The van der Waals surface area contributed by atoms with Gasteiger partial charge in [-0.1, -0.05) is 59.6 Å². The second-order valence-corrected chi connectivity index (χ2v) is 15.4. The fourth-order valence-electron chi connectivity index (χ4n) is 6.96. The molecule has 4 atom stereocenters. The van der Waals surface area contributed by atoms with Crippen molar-refractivity contribution in [2.45, 2.75) is 109 Å². The number of amides is 4. The average molecular weight is 775 g/mol. The van der Waals surface area contributed by atoms with Crippen molar-refractivity contribution in [3.05, 3.63) is 69.7 Å². The van der Waals surface area contributed by atoms with Crippen LogP contribution in [0.15, 0.2) is 48.5 Å². The van der Waals surface area contributed by atoms with Crippen LogP contribution in [0.4, 0.5) is 4.79 Å². The molecule has 2 aliphatic rings. The molecule has 2 saturated heterocycles. The summed E-state index contributed by atoms with van der Waals surface area (Å²) < 4.78 is 10.8. The second-order valence-electron chi connectivity index (χ2n) is 14.5. The summed E-state index contributed by atoms with van der Waals surface area (Å²) in [6.45, 7) is 10.5. The molecular weight excluding hydrogens is 721 g/mol. The van der Waals surface area contributed by atoms with E-state index in [1.807, 2.05) is 32.0 Å². The lowest BCUT2D eigenvalue weighted by molar-refractivity contribution is -0.153. The van der Waals surface area contributed by atoms with Crippen molar-refractivity contribution in [3.8, 4) is 0 Å². The minimum atomic E-state index is -1.01. The lowest BCUT2D eigenvalue weighted by Crippen LogP contribution is -2.53. The molecule has 0 bridgehead atoms. The Kier molecular flexibility index (Phi) is 15.4. The molecule has 1 unspecified atom stereocenters. The SMILES string of the molecule is CCN(CC)C(=O)COC(=O)CC[C@H](C(=O)NCc1ccc(Cl)c(Cl)c1)N1CCC(CCc2ccccc2)N2C[C@H](NC(=O)OC(C)(C)C)C[C@H]2C1=O. The highest BCUT2D eigenvalue weighted by Gasteiger charge is 2.47. The van der Waals surface area contributed by atoms with E-state index in [1.165, 1.54) is 5.56 Å². The van der Waals surface area contributed by atoms with Crippen LogP contribution in [-0.4, -0.2) is 107 Å². The summed E-state index contributed by atoms with van der Waals surface area (Å²) in [5.41, 5.74) is 1.20. The first kappa shape index (κ1) is 41.9. The molecule has 0 saturated carbocycles. The molecule has 0 aliphatic carbocycles. The highest BCUT2D eigenvalue weighted by Crippen LogP contribution is 2.31. The molecule has 2 fully saturated rings. The Hall–Kier alpha value is -3.87. The number of nitrogens with zero attached hydrogens (tertiary/aromatic N) is 3. The van der Waals surface area contributed by atoms with Crippen LogP contribution >= 0.6 is 23.2 Å². The van der Waals surface area contributed by atoms with Crippen molar-refractivity contribution in [1.29, 1.82) is 0 Å². The number of fused-ring (bicyclic) bond motifs is 1. The number of aryl methyl sites for hydroxylation is 1. The average Bonchev–Trinajstić information content (AvgIpc) is 3.48. The number of likely N-dealkylation sites (N-methyl/N-ethyl adjacent to an activating group) is 1.